The van der Waals surface area contributed by atoms with Crippen molar-refractivity contribution >= 4 is 11.6 Å². The Morgan fingerprint density at radius 2 is 2.00 bits per heavy atom. The molecular weight excluding hydrogens is 256 g/mol. The van der Waals surface area contributed by atoms with Crippen molar-refractivity contribution in [2.45, 2.75) is 19.9 Å². The van der Waals surface area contributed by atoms with Crippen LogP contribution in [0.25, 0.3) is 0 Å². The van der Waals surface area contributed by atoms with E-state index < -0.39 is 0 Å². The van der Waals surface area contributed by atoms with Crippen molar-refractivity contribution in [1.82, 2.24) is 0 Å². The van der Waals surface area contributed by atoms with Crippen LogP contribution in [0.5, 0.6) is 5.75 Å². The lowest BCUT2D eigenvalue weighted by Gasteiger charge is -2.06. The second-order valence-electron chi connectivity index (χ2n) is 4.30. The summed E-state index contributed by atoms with van der Waals surface area (Å²) in [6, 6.07) is 10.5. The van der Waals surface area contributed by atoms with Gasteiger partial charge in [0.1, 0.15) is 11.5 Å². The third kappa shape index (κ3) is 3.61. The van der Waals surface area contributed by atoms with E-state index in [1.54, 1.807) is 24.3 Å². The van der Waals surface area contributed by atoms with E-state index >= 15 is 0 Å². The van der Waals surface area contributed by atoms with Gasteiger partial charge < -0.3 is 20.2 Å². The molecule has 2 aromatic rings. The summed E-state index contributed by atoms with van der Waals surface area (Å²) in [6.45, 7) is 3.00. The van der Waals surface area contributed by atoms with E-state index in [0.717, 1.165) is 12.2 Å². The average Bonchev–Trinajstić information content (AvgIpc) is 2.95. The second-order valence-corrected chi connectivity index (χ2v) is 4.30. The zero-order valence-electron chi connectivity index (χ0n) is 11.4. The molecular formula is C15H18N2O3. The fourth-order valence-electron chi connectivity index (χ4n) is 1.66. The largest absolute Gasteiger partial charge is 0.494 e. The Morgan fingerprint density at radius 1 is 1.25 bits per heavy atom. The van der Waals surface area contributed by atoms with Gasteiger partial charge in [0.2, 0.25) is 0 Å². The molecule has 0 bridgehead atoms. The summed E-state index contributed by atoms with van der Waals surface area (Å²) in [5.41, 5.74) is 6.12. The van der Waals surface area contributed by atoms with Gasteiger partial charge in [-0.15, -0.1) is 0 Å². The van der Waals surface area contributed by atoms with Gasteiger partial charge in [-0.2, -0.15) is 0 Å². The predicted octanol–water partition coefficient (Wildman–Crippen LogP) is 2.78. The van der Waals surface area contributed by atoms with Gasteiger partial charge in [0.15, 0.2) is 5.76 Å². The summed E-state index contributed by atoms with van der Waals surface area (Å²) in [5.74, 6) is 1.32. The molecule has 0 saturated carbocycles. The normalized spacial score (nSPS) is 10.3. The summed E-state index contributed by atoms with van der Waals surface area (Å²) < 4.78 is 10.8. The highest BCUT2D eigenvalue weighted by atomic mass is 16.5. The number of carbonyl (C=O) groups excluding carboxylic acids is 1. The number of amides is 1. The fraction of sp³-hybridized carbons (Fsp3) is 0.267. The minimum Gasteiger partial charge on any atom is -0.494 e. The van der Waals surface area contributed by atoms with Crippen molar-refractivity contribution < 1.29 is 13.9 Å². The Balaban J connectivity index is 1.97. The van der Waals surface area contributed by atoms with Crippen LogP contribution < -0.4 is 15.8 Å². The lowest BCUT2D eigenvalue weighted by Crippen LogP contribution is -2.10. The number of hydrogen-bond acceptors (Lipinski definition) is 4. The third-order valence-corrected chi connectivity index (χ3v) is 2.67. The van der Waals surface area contributed by atoms with Crippen LogP contribution in [-0.4, -0.2) is 12.5 Å². The molecule has 0 aliphatic rings. The summed E-state index contributed by atoms with van der Waals surface area (Å²) >= 11 is 0. The molecule has 1 heterocycles. The monoisotopic (exact) mass is 274 g/mol. The zero-order valence-corrected chi connectivity index (χ0v) is 11.4. The van der Waals surface area contributed by atoms with Gasteiger partial charge in [-0.3, -0.25) is 4.79 Å². The van der Waals surface area contributed by atoms with Crippen LogP contribution in [0.3, 0.4) is 0 Å². The molecule has 1 aromatic heterocycles. The van der Waals surface area contributed by atoms with Crippen molar-refractivity contribution in [1.29, 1.82) is 0 Å². The second kappa shape index (κ2) is 6.77. The van der Waals surface area contributed by atoms with Crippen molar-refractivity contribution in [2.24, 2.45) is 5.73 Å². The molecule has 20 heavy (non-hydrogen) atoms. The Bertz CT molecular complexity index is 561. The molecule has 0 atom stereocenters. The summed E-state index contributed by atoms with van der Waals surface area (Å²) in [5, 5.41) is 2.75. The molecule has 3 N–H and O–H groups in total. The van der Waals surface area contributed by atoms with E-state index in [2.05, 4.69) is 5.32 Å². The van der Waals surface area contributed by atoms with Gasteiger partial charge in [-0.05, 0) is 42.8 Å². The number of carbonyl (C=O) groups is 1. The van der Waals surface area contributed by atoms with Crippen molar-refractivity contribution in [2.75, 3.05) is 11.9 Å². The number of nitrogens with two attached hydrogens (primary N) is 1. The fourth-order valence-corrected chi connectivity index (χ4v) is 1.66. The molecule has 1 amide bonds. The number of furan rings is 1. The molecule has 0 aliphatic heterocycles. The standard InChI is InChI=1S/C15H18N2O3/c1-2-9-19-12-5-3-11(4-6-12)17-15(18)14-8-7-13(10-16)20-14/h3-8H,2,9-10,16H2,1H3,(H,17,18). The molecule has 0 spiro atoms. The van der Waals surface area contributed by atoms with Crippen LogP contribution in [0.15, 0.2) is 40.8 Å². The van der Waals surface area contributed by atoms with Crippen LogP contribution in [0.1, 0.15) is 29.7 Å². The van der Waals surface area contributed by atoms with E-state index in [-0.39, 0.29) is 18.2 Å². The molecule has 106 valence electrons. The van der Waals surface area contributed by atoms with Crippen LogP contribution in [0.2, 0.25) is 0 Å². The van der Waals surface area contributed by atoms with Crippen LogP contribution >= 0.6 is 0 Å². The zero-order chi connectivity index (χ0) is 14.4. The van der Waals surface area contributed by atoms with Crippen LogP contribution in [0.4, 0.5) is 5.69 Å². The molecule has 0 saturated heterocycles. The highest BCUT2D eigenvalue weighted by Gasteiger charge is 2.10. The van der Waals surface area contributed by atoms with Crippen molar-refractivity contribution in [3.8, 4) is 5.75 Å². The van der Waals surface area contributed by atoms with Crippen molar-refractivity contribution in [3.05, 3.63) is 47.9 Å². The first-order valence-electron chi connectivity index (χ1n) is 6.56. The Morgan fingerprint density at radius 3 is 2.60 bits per heavy atom. The van der Waals surface area contributed by atoms with E-state index in [9.17, 15) is 4.79 Å². The number of ether oxygens (including phenoxy) is 1. The lowest BCUT2D eigenvalue weighted by atomic mass is 10.3. The number of rotatable bonds is 6. The first kappa shape index (κ1) is 14.1. The molecule has 0 radical (unpaired) electrons. The van der Waals surface area contributed by atoms with E-state index in [1.165, 1.54) is 0 Å². The molecule has 0 aliphatic carbocycles. The maximum Gasteiger partial charge on any atom is 0.291 e. The van der Waals surface area contributed by atoms with Crippen LogP contribution in [0, 0.1) is 0 Å². The smallest absolute Gasteiger partial charge is 0.291 e. The topological polar surface area (TPSA) is 77.5 Å². The Hall–Kier alpha value is -2.27. The van der Waals surface area contributed by atoms with Gasteiger partial charge in [0.05, 0.1) is 13.2 Å². The first-order chi connectivity index (χ1) is 9.72. The van der Waals surface area contributed by atoms with Crippen LogP contribution in [-0.2, 0) is 6.54 Å². The van der Waals surface area contributed by atoms with Gasteiger partial charge >= 0.3 is 0 Å². The Kier molecular flexibility index (Phi) is 4.79. The lowest BCUT2D eigenvalue weighted by molar-refractivity contribution is 0.0995. The van der Waals surface area contributed by atoms with E-state index in [0.29, 0.717) is 18.1 Å². The average molecular weight is 274 g/mol. The van der Waals surface area contributed by atoms with Gasteiger partial charge in [-0.1, -0.05) is 6.92 Å². The third-order valence-electron chi connectivity index (χ3n) is 2.67. The maximum absolute atomic E-state index is 11.9. The summed E-state index contributed by atoms with van der Waals surface area (Å²) in [4.78, 5) is 11.9. The number of anilines is 1. The van der Waals surface area contributed by atoms with Gasteiger partial charge in [-0.25, -0.2) is 0 Å². The number of hydrogen-bond donors (Lipinski definition) is 2. The summed E-state index contributed by atoms with van der Waals surface area (Å²) in [6.07, 6.45) is 0.959. The quantitative estimate of drug-likeness (QED) is 0.849. The van der Waals surface area contributed by atoms with Gasteiger partial charge in [0.25, 0.3) is 5.91 Å². The number of benzene rings is 1. The predicted molar refractivity (Wildman–Crippen MR) is 76.8 cm³/mol. The van der Waals surface area contributed by atoms with E-state index in [4.69, 9.17) is 14.9 Å². The first-order valence-corrected chi connectivity index (χ1v) is 6.56. The van der Waals surface area contributed by atoms with Gasteiger partial charge in [0, 0.05) is 5.69 Å². The molecule has 5 nitrogen and oxygen atoms in total. The number of nitrogens with one attached hydrogen (secondary N) is 1. The highest BCUT2D eigenvalue weighted by molar-refractivity contribution is 6.02. The molecule has 0 unspecified atom stereocenters. The maximum atomic E-state index is 11.9. The Labute approximate surface area is 117 Å². The minimum absolute atomic E-state index is 0.247. The van der Waals surface area contributed by atoms with E-state index in [1.807, 2.05) is 19.1 Å². The molecule has 0 fully saturated rings. The molecule has 5 heteroatoms. The molecule has 2 rings (SSSR count). The highest BCUT2D eigenvalue weighted by Crippen LogP contribution is 2.17. The van der Waals surface area contributed by atoms with Crippen molar-refractivity contribution in [3.63, 3.8) is 0 Å². The minimum atomic E-state index is -0.299. The molecule has 1 aromatic carbocycles. The summed E-state index contributed by atoms with van der Waals surface area (Å²) in [7, 11) is 0. The SMILES string of the molecule is CCCOc1ccc(NC(=O)c2ccc(CN)o2)cc1.